The Morgan fingerprint density at radius 2 is 1.90 bits per heavy atom. The third kappa shape index (κ3) is 3.70. The zero-order valence-electron chi connectivity index (χ0n) is 16.8. The summed E-state index contributed by atoms with van der Waals surface area (Å²) < 4.78 is 22.6. The number of carboxylic acids is 1. The number of carbonyl (C=O) groups is 1. The monoisotopic (exact) mass is 410 g/mol. The van der Waals surface area contributed by atoms with Gasteiger partial charge in [0.1, 0.15) is 30.3 Å². The molecule has 0 radical (unpaired) electrons. The van der Waals surface area contributed by atoms with E-state index in [1.165, 1.54) is 0 Å². The summed E-state index contributed by atoms with van der Waals surface area (Å²) in [7, 11) is 0. The number of ether oxygens (including phenoxy) is 3. The molecule has 3 aromatic rings. The highest BCUT2D eigenvalue weighted by atomic mass is 16.6. The highest BCUT2D eigenvalue weighted by molar-refractivity contribution is 5.85. The van der Waals surface area contributed by atoms with Crippen LogP contribution in [0.5, 0.6) is 17.2 Å². The van der Waals surface area contributed by atoms with Gasteiger partial charge in [0.15, 0.2) is 18.1 Å². The van der Waals surface area contributed by atoms with Crippen LogP contribution in [0.1, 0.15) is 24.7 Å². The van der Waals surface area contributed by atoms with Gasteiger partial charge in [-0.05, 0) is 42.7 Å². The topological polar surface area (TPSA) is 95.2 Å². The third-order valence-electron chi connectivity index (χ3n) is 4.95. The van der Waals surface area contributed by atoms with Crippen molar-refractivity contribution in [2.75, 3.05) is 19.8 Å². The fourth-order valence-corrected chi connectivity index (χ4v) is 3.65. The summed E-state index contributed by atoms with van der Waals surface area (Å²) in [6, 6.07) is 8.74. The average Bonchev–Trinajstić information content (AvgIpc) is 2.73. The number of benzene rings is 2. The van der Waals surface area contributed by atoms with E-state index >= 15 is 0 Å². The molecule has 7 nitrogen and oxygen atoms in total. The van der Waals surface area contributed by atoms with Gasteiger partial charge in [0.2, 0.25) is 5.43 Å². The summed E-state index contributed by atoms with van der Waals surface area (Å²) in [6.07, 6.45) is 1.47. The third-order valence-corrected chi connectivity index (χ3v) is 4.95. The highest BCUT2D eigenvalue weighted by Crippen LogP contribution is 2.36. The van der Waals surface area contributed by atoms with Gasteiger partial charge in [-0.25, -0.2) is 4.79 Å². The summed E-state index contributed by atoms with van der Waals surface area (Å²) in [6.45, 7) is 4.23. The van der Waals surface area contributed by atoms with E-state index in [0.717, 1.165) is 12.0 Å². The van der Waals surface area contributed by atoms with Gasteiger partial charge in [-0.3, -0.25) is 4.79 Å². The molecule has 4 rings (SSSR count). The van der Waals surface area contributed by atoms with E-state index in [4.69, 9.17) is 23.7 Å². The van der Waals surface area contributed by atoms with Crippen molar-refractivity contribution in [2.45, 2.75) is 26.7 Å². The lowest BCUT2D eigenvalue weighted by molar-refractivity contribution is -0.139. The number of aliphatic carboxylic acids is 1. The standard InChI is InChI=1S/C23H22O7/c1-3-4-14-9-16-19(11-18(14)29-12-21(24)25)30-13(2)22(23(16)26)15-5-6-17-20(10-15)28-8-7-27-17/h5-6,9-11H,3-4,7-8,12H2,1-2H3,(H,24,25). The number of hydrogen-bond donors (Lipinski definition) is 1. The Labute approximate surface area is 172 Å². The first-order chi connectivity index (χ1) is 14.5. The molecule has 0 aliphatic carbocycles. The largest absolute Gasteiger partial charge is 0.486 e. The number of fused-ring (bicyclic) bond motifs is 2. The van der Waals surface area contributed by atoms with E-state index in [1.54, 1.807) is 31.2 Å². The summed E-state index contributed by atoms with van der Waals surface area (Å²) >= 11 is 0. The molecule has 30 heavy (non-hydrogen) atoms. The molecule has 0 bridgehead atoms. The fraction of sp³-hybridized carbons (Fsp3) is 0.304. The summed E-state index contributed by atoms with van der Waals surface area (Å²) in [5.74, 6) is 1.06. The molecule has 7 heteroatoms. The smallest absolute Gasteiger partial charge is 0.341 e. The van der Waals surface area contributed by atoms with E-state index < -0.39 is 12.6 Å². The van der Waals surface area contributed by atoms with E-state index in [2.05, 4.69) is 0 Å². The lowest BCUT2D eigenvalue weighted by Gasteiger charge is -2.19. The predicted octanol–water partition coefficient (Wildman–Crippen LogP) is 3.96. The maximum absolute atomic E-state index is 13.4. The van der Waals surface area contributed by atoms with Crippen molar-refractivity contribution in [1.29, 1.82) is 0 Å². The summed E-state index contributed by atoms with van der Waals surface area (Å²) in [5.41, 5.74) is 2.12. The van der Waals surface area contributed by atoms with Gasteiger partial charge >= 0.3 is 5.97 Å². The SMILES string of the molecule is CCCc1cc2c(=O)c(-c3ccc4c(c3)OCCO4)c(C)oc2cc1OCC(=O)O. The van der Waals surface area contributed by atoms with Crippen LogP contribution in [0.2, 0.25) is 0 Å². The lowest BCUT2D eigenvalue weighted by atomic mass is 9.99. The predicted molar refractivity (Wildman–Crippen MR) is 111 cm³/mol. The minimum atomic E-state index is -1.07. The molecule has 0 fully saturated rings. The highest BCUT2D eigenvalue weighted by Gasteiger charge is 2.19. The summed E-state index contributed by atoms with van der Waals surface area (Å²) in [5, 5.41) is 9.35. The normalized spacial score (nSPS) is 12.7. The minimum absolute atomic E-state index is 0.160. The Bertz CT molecular complexity index is 1180. The first-order valence-electron chi connectivity index (χ1n) is 9.83. The Hall–Kier alpha value is -3.48. The minimum Gasteiger partial charge on any atom is -0.486 e. The van der Waals surface area contributed by atoms with Gasteiger partial charge in [0.25, 0.3) is 0 Å². The second-order valence-electron chi connectivity index (χ2n) is 7.11. The molecule has 1 aromatic heterocycles. The fourth-order valence-electron chi connectivity index (χ4n) is 3.65. The Morgan fingerprint density at radius 3 is 2.63 bits per heavy atom. The van der Waals surface area contributed by atoms with Gasteiger partial charge in [0, 0.05) is 6.07 Å². The molecule has 0 spiro atoms. The molecular formula is C23H22O7. The molecule has 0 amide bonds. The van der Waals surface area contributed by atoms with Crippen LogP contribution in [0, 0.1) is 6.92 Å². The van der Waals surface area contributed by atoms with Crippen molar-refractivity contribution < 1.29 is 28.5 Å². The number of aryl methyl sites for hydroxylation is 2. The van der Waals surface area contributed by atoms with Gasteiger partial charge < -0.3 is 23.7 Å². The average molecular weight is 410 g/mol. The zero-order chi connectivity index (χ0) is 21.3. The molecule has 2 aromatic carbocycles. The van der Waals surface area contributed by atoms with Crippen molar-refractivity contribution >= 4 is 16.9 Å². The zero-order valence-corrected chi connectivity index (χ0v) is 16.8. The van der Waals surface area contributed by atoms with Crippen LogP contribution >= 0.6 is 0 Å². The molecule has 1 aliphatic rings. The molecule has 0 atom stereocenters. The number of rotatable bonds is 6. The van der Waals surface area contributed by atoms with Gasteiger partial charge in [-0.15, -0.1) is 0 Å². The number of carboxylic acid groups (broad SMARTS) is 1. The van der Waals surface area contributed by atoms with Crippen molar-refractivity contribution in [3.8, 4) is 28.4 Å². The quantitative estimate of drug-likeness (QED) is 0.657. The molecular weight excluding hydrogens is 388 g/mol. The van der Waals surface area contributed by atoms with Crippen LogP contribution in [0.15, 0.2) is 39.5 Å². The van der Waals surface area contributed by atoms with E-state index in [9.17, 15) is 9.59 Å². The van der Waals surface area contributed by atoms with Crippen molar-refractivity contribution in [1.82, 2.24) is 0 Å². The maximum Gasteiger partial charge on any atom is 0.341 e. The molecule has 0 saturated carbocycles. The van der Waals surface area contributed by atoms with Crippen molar-refractivity contribution in [2.24, 2.45) is 0 Å². The van der Waals surface area contributed by atoms with Crippen LogP contribution in [0.3, 0.4) is 0 Å². The van der Waals surface area contributed by atoms with Crippen LogP contribution in [0.25, 0.3) is 22.1 Å². The van der Waals surface area contributed by atoms with Crippen LogP contribution in [0.4, 0.5) is 0 Å². The van der Waals surface area contributed by atoms with Gasteiger partial charge in [0.05, 0.1) is 10.9 Å². The second kappa shape index (κ2) is 8.10. The Morgan fingerprint density at radius 1 is 1.13 bits per heavy atom. The number of hydrogen-bond acceptors (Lipinski definition) is 6. The molecule has 0 unspecified atom stereocenters. The Kier molecular flexibility index (Phi) is 5.35. The van der Waals surface area contributed by atoms with E-state index in [1.807, 2.05) is 13.0 Å². The Balaban J connectivity index is 1.85. The van der Waals surface area contributed by atoms with Crippen LogP contribution < -0.4 is 19.6 Å². The van der Waals surface area contributed by atoms with E-state index in [0.29, 0.717) is 64.7 Å². The molecule has 1 aliphatic heterocycles. The molecule has 1 N–H and O–H groups in total. The first kappa shape index (κ1) is 19.8. The maximum atomic E-state index is 13.4. The molecule has 2 heterocycles. The van der Waals surface area contributed by atoms with Gasteiger partial charge in [-0.2, -0.15) is 0 Å². The molecule has 0 saturated heterocycles. The summed E-state index contributed by atoms with van der Waals surface area (Å²) in [4.78, 5) is 24.3. The van der Waals surface area contributed by atoms with Crippen LogP contribution in [-0.2, 0) is 11.2 Å². The van der Waals surface area contributed by atoms with Crippen LogP contribution in [-0.4, -0.2) is 30.9 Å². The van der Waals surface area contributed by atoms with E-state index in [-0.39, 0.29) is 5.43 Å². The first-order valence-corrected chi connectivity index (χ1v) is 9.83. The second-order valence-corrected chi connectivity index (χ2v) is 7.11. The van der Waals surface area contributed by atoms with Crippen molar-refractivity contribution in [3.05, 3.63) is 51.9 Å². The molecule has 156 valence electrons. The van der Waals surface area contributed by atoms with Crippen molar-refractivity contribution in [3.63, 3.8) is 0 Å². The lowest BCUT2D eigenvalue weighted by Crippen LogP contribution is -2.15. The van der Waals surface area contributed by atoms with Gasteiger partial charge in [-0.1, -0.05) is 19.4 Å².